The van der Waals surface area contributed by atoms with Crippen LogP contribution in [0.3, 0.4) is 0 Å². The molecule has 0 atom stereocenters. The van der Waals surface area contributed by atoms with Crippen LogP contribution in [0.2, 0.25) is 0 Å². The molecule has 0 bridgehead atoms. The number of hydrogen-bond donors (Lipinski definition) is 1. The predicted octanol–water partition coefficient (Wildman–Crippen LogP) is 1.21. The number of nitrogens with one attached hydrogen (secondary N) is 1. The Kier molecular flexibility index (Phi) is 4.28. The molecule has 0 aromatic carbocycles. The van der Waals surface area contributed by atoms with Gasteiger partial charge in [0.25, 0.3) is 0 Å². The van der Waals surface area contributed by atoms with E-state index < -0.39 is 18.4 Å². The van der Waals surface area contributed by atoms with Crippen molar-refractivity contribution in [2.75, 3.05) is 13.2 Å². The number of hydrogen-bond acceptors (Lipinski definition) is 4. The summed E-state index contributed by atoms with van der Waals surface area (Å²) in [4.78, 5) is 11.6. The third kappa shape index (κ3) is 2.32. The van der Waals surface area contributed by atoms with Crippen LogP contribution >= 0.6 is 12.4 Å². The van der Waals surface area contributed by atoms with Gasteiger partial charge in [-0.3, -0.25) is 4.68 Å². The summed E-state index contributed by atoms with van der Waals surface area (Å²) in [6, 6.07) is 0. The molecule has 18 heavy (non-hydrogen) atoms. The fourth-order valence-electron chi connectivity index (χ4n) is 1.98. The summed E-state index contributed by atoms with van der Waals surface area (Å²) in [6.07, 6.45) is 0. The van der Waals surface area contributed by atoms with E-state index >= 15 is 0 Å². The van der Waals surface area contributed by atoms with Crippen molar-refractivity contribution in [3.63, 3.8) is 0 Å². The van der Waals surface area contributed by atoms with E-state index in [2.05, 4.69) is 10.4 Å². The largest absolute Gasteiger partial charge is 0.461 e. The number of rotatable bonds is 2. The molecule has 5 nitrogen and oxygen atoms in total. The number of fused-ring (bicyclic) bond motifs is 1. The van der Waals surface area contributed by atoms with Gasteiger partial charge < -0.3 is 10.1 Å². The molecule has 0 unspecified atom stereocenters. The Hall–Kier alpha value is -1.21. The normalized spacial score (nSPS) is 16.7. The number of aryl methyl sites for hydroxylation is 1. The highest BCUT2D eigenvalue weighted by atomic mass is 35.5. The lowest BCUT2D eigenvalue weighted by molar-refractivity contribution is -0.0187. The fourth-order valence-corrected chi connectivity index (χ4v) is 1.98. The zero-order chi connectivity index (χ0) is 12.6. The molecule has 0 spiro atoms. The van der Waals surface area contributed by atoms with E-state index in [1.54, 1.807) is 6.92 Å². The zero-order valence-electron chi connectivity index (χ0n) is 10.00. The maximum absolute atomic E-state index is 13.6. The summed E-state index contributed by atoms with van der Waals surface area (Å²) in [7, 11) is 1.40. The Bertz CT molecular complexity index is 462. The molecule has 0 amide bonds. The van der Waals surface area contributed by atoms with Gasteiger partial charge in [-0.05, 0) is 6.92 Å². The SMILES string of the molecule is CCOC(=O)c1nn(C)c2c1CNCC2(F)F.Cl. The highest BCUT2D eigenvalue weighted by Gasteiger charge is 2.42. The van der Waals surface area contributed by atoms with E-state index in [9.17, 15) is 13.6 Å². The van der Waals surface area contributed by atoms with Crippen molar-refractivity contribution in [2.24, 2.45) is 7.05 Å². The van der Waals surface area contributed by atoms with Gasteiger partial charge in [-0.15, -0.1) is 12.4 Å². The molecule has 0 saturated heterocycles. The van der Waals surface area contributed by atoms with Gasteiger partial charge in [-0.2, -0.15) is 13.9 Å². The lowest BCUT2D eigenvalue weighted by Gasteiger charge is -2.23. The number of halogens is 3. The summed E-state index contributed by atoms with van der Waals surface area (Å²) in [5.74, 6) is -3.68. The molecular formula is C10H14ClF2N3O2. The monoisotopic (exact) mass is 281 g/mol. The Morgan fingerprint density at radius 3 is 2.89 bits per heavy atom. The second kappa shape index (κ2) is 5.19. The Morgan fingerprint density at radius 2 is 2.28 bits per heavy atom. The van der Waals surface area contributed by atoms with E-state index in [-0.39, 0.29) is 42.5 Å². The Balaban J connectivity index is 0.00000162. The van der Waals surface area contributed by atoms with Crippen LogP contribution in [-0.4, -0.2) is 28.9 Å². The lowest BCUT2D eigenvalue weighted by atomic mass is 10.0. The highest BCUT2D eigenvalue weighted by molar-refractivity contribution is 5.89. The predicted molar refractivity (Wildman–Crippen MR) is 62.0 cm³/mol. The van der Waals surface area contributed by atoms with Crippen molar-refractivity contribution in [2.45, 2.75) is 19.4 Å². The van der Waals surface area contributed by atoms with Crippen LogP contribution < -0.4 is 5.32 Å². The van der Waals surface area contributed by atoms with Gasteiger partial charge in [-0.25, -0.2) is 4.79 Å². The van der Waals surface area contributed by atoms with Crippen molar-refractivity contribution in [3.8, 4) is 0 Å². The molecule has 2 rings (SSSR count). The van der Waals surface area contributed by atoms with E-state index in [1.807, 2.05) is 0 Å². The molecule has 1 aliphatic heterocycles. The van der Waals surface area contributed by atoms with Crippen molar-refractivity contribution in [3.05, 3.63) is 17.0 Å². The Morgan fingerprint density at radius 1 is 1.61 bits per heavy atom. The van der Waals surface area contributed by atoms with E-state index in [1.165, 1.54) is 7.05 Å². The lowest BCUT2D eigenvalue weighted by Crippen LogP contribution is -2.38. The standard InChI is InChI=1S/C10H13F2N3O2.ClH/c1-3-17-9(16)7-6-4-13-5-10(11,12)8(6)15(2)14-7;/h13H,3-5H2,1-2H3;1H. The molecule has 8 heteroatoms. The summed E-state index contributed by atoms with van der Waals surface area (Å²) >= 11 is 0. The second-order valence-corrected chi connectivity index (χ2v) is 3.83. The first-order chi connectivity index (χ1) is 7.97. The van der Waals surface area contributed by atoms with Gasteiger partial charge in [0.15, 0.2) is 5.69 Å². The van der Waals surface area contributed by atoms with Crippen LogP contribution in [-0.2, 0) is 24.3 Å². The van der Waals surface area contributed by atoms with Crippen molar-refractivity contribution >= 4 is 18.4 Å². The molecule has 0 fully saturated rings. The summed E-state index contributed by atoms with van der Waals surface area (Å²) < 4.78 is 33.1. The first-order valence-corrected chi connectivity index (χ1v) is 5.29. The van der Waals surface area contributed by atoms with Gasteiger partial charge in [0, 0.05) is 19.2 Å². The van der Waals surface area contributed by atoms with Crippen LogP contribution in [0.4, 0.5) is 8.78 Å². The van der Waals surface area contributed by atoms with Crippen molar-refractivity contribution < 1.29 is 18.3 Å². The minimum Gasteiger partial charge on any atom is -0.461 e. The molecule has 0 saturated carbocycles. The molecule has 0 aliphatic carbocycles. The van der Waals surface area contributed by atoms with Gasteiger partial charge in [0.1, 0.15) is 5.69 Å². The average Bonchev–Trinajstić information content (AvgIpc) is 2.57. The second-order valence-electron chi connectivity index (χ2n) is 3.83. The van der Waals surface area contributed by atoms with Crippen LogP contribution in [0.5, 0.6) is 0 Å². The number of aromatic nitrogens is 2. The van der Waals surface area contributed by atoms with E-state index in [0.29, 0.717) is 0 Å². The first-order valence-electron chi connectivity index (χ1n) is 5.29. The molecule has 102 valence electrons. The Labute approximate surface area is 109 Å². The molecule has 1 aromatic heterocycles. The van der Waals surface area contributed by atoms with Crippen LogP contribution in [0.25, 0.3) is 0 Å². The minimum atomic E-state index is -3.01. The third-order valence-corrected chi connectivity index (χ3v) is 2.61. The summed E-state index contributed by atoms with van der Waals surface area (Å²) in [5.41, 5.74) is -0.0160. The minimum absolute atomic E-state index is 0. The number of alkyl halides is 2. The maximum Gasteiger partial charge on any atom is 0.359 e. The van der Waals surface area contributed by atoms with Gasteiger partial charge in [0.2, 0.25) is 0 Å². The molecule has 1 aliphatic rings. The van der Waals surface area contributed by atoms with Gasteiger partial charge in [-0.1, -0.05) is 0 Å². The zero-order valence-corrected chi connectivity index (χ0v) is 10.8. The van der Waals surface area contributed by atoms with Crippen molar-refractivity contribution in [1.29, 1.82) is 0 Å². The summed E-state index contributed by atoms with van der Waals surface area (Å²) in [6.45, 7) is 1.60. The van der Waals surface area contributed by atoms with Crippen molar-refractivity contribution in [1.82, 2.24) is 15.1 Å². The smallest absolute Gasteiger partial charge is 0.359 e. The quantitative estimate of drug-likeness (QED) is 0.828. The highest BCUT2D eigenvalue weighted by Crippen LogP contribution is 2.34. The first kappa shape index (κ1) is 14.8. The number of nitrogens with zero attached hydrogens (tertiary/aromatic N) is 2. The van der Waals surface area contributed by atoms with Gasteiger partial charge >= 0.3 is 11.9 Å². The van der Waals surface area contributed by atoms with E-state index in [0.717, 1.165) is 4.68 Å². The van der Waals surface area contributed by atoms with Crippen LogP contribution in [0.15, 0.2) is 0 Å². The number of carbonyl (C=O) groups is 1. The van der Waals surface area contributed by atoms with Crippen LogP contribution in [0.1, 0.15) is 28.7 Å². The maximum atomic E-state index is 13.6. The molecular weight excluding hydrogens is 268 g/mol. The molecule has 2 heterocycles. The fraction of sp³-hybridized carbons (Fsp3) is 0.600. The number of esters is 1. The van der Waals surface area contributed by atoms with E-state index in [4.69, 9.17) is 4.74 Å². The van der Waals surface area contributed by atoms with Crippen LogP contribution in [0, 0.1) is 0 Å². The number of ether oxygens (including phenoxy) is 1. The average molecular weight is 282 g/mol. The molecule has 0 radical (unpaired) electrons. The van der Waals surface area contributed by atoms with Gasteiger partial charge in [0.05, 0.1) is 13.2 Å². The summed E-state index contributed by atoms with van der Waals surface area (Å²) in [5, 5.41) is 6.40. The topological polar surface area (TPSA) is 56.1 Å². The number of carbonyl (C=O) groups excluding carboxylic acids is 1. The molecule has 1 aromatic rings. The molecule has 1 N–H and O–H groups in total. The third-order valence-electron chi connectivity index (χ3n) is 2.61.